The van der Waals surface area contributed by atoms with Crippen LogP contribution in [0.5, 0.6) is 5.75 Å². The van der Waals surface area contributed by atoms with Gasteiger partial charge in [0.2, 0.25) is 5.91 Å². The number of methoxy groups -OCH3 is 1. The SMILES string of the molecule is COc1ccc(N2CCCN(C(=O)Cc3csc(-c4cc(Br)cs4)n3)CC2)cc1. The molecule has 8 heteroatoms. The average Bonchev–Trinajstić information content (AvgIpc) is 3.30. The van der Waals surface area contributed by atoms with Gasteiger partial charge in [-0.25, -0.2) is 4.98 Å². The van der Waals surface area contributed by atoms with E-state index in [2.05, 4.69) is 44.0 Å². The smallest absolute Gasteiger partial charge is 0.228 e. The largest absolute Gasteiger partial charge is 0.497 e. The number of carbonyl (C=O) groups excluding carboxylic acids is 1. The Morgan fingerprint density at radius 3 is 2.69 bits per heavy atom. The maximum Gasteiger partial charge on any atom is 0.228 e. The number of halogens is 1. The van der Waals surface area contributed by atoms with Crippen molar-refractivity contribution in [2.24, 2.45) is 0 Å². The van der Waals surface area contributed by atoms with Crippen LogP contribution in [0.25, 0.3) is 9.88 Å². The van der Waals surface area contributed by atoms with Crippen molar-refractivity contribution in [3.8, 4) is 15.6 Å². The summed E-state index contributed by atoms with van der Waals surface area (Å²) in [5.74, 6) is 1.02. The van der Waals surface area contributed by atoms with Gasteiger partial charge in [0, 0.05) is 47.1 Å². The quantitative estimate of drug-likeness (QED) is 0.507. The Bertz CT molecular complexity index is 970. The Morgan fingerprint density at radius 1 is 1.14 bits per heavy atom. The first-order chi connectivity index (χ1) is 14.1. The standard InChI is InChI=1S/C21H22BrN3O2S2/c1-27-18-5-3-17(4-6-18)24-7-2-8-25(10-9-24)20(26)12-16-14-29-21(23-16)19-11-15(22)13-28-19/h3-6,11,13-14H,2,7-10,12H2,1H3. The molecule has 0 saturated carbocycles. The third-order valence-corrected chi connectivity index (χ3v) is 7.70. The normalized spacial score (nSPS) is 14.7. The lowest BCUT2D eigenvalue weighted by Crippen LogP contribution is -2.36. The van der Waals surface area contributed by atoms with E-state index in [9.17, 15) is 4.79 Å². The molecule has 0 spiro atoms. The van der Waals surface area contributed by atoms with Gasteiger partial charge in [-0.05, 0) is 52.7 Å². The highest BCUT2D eigenvalue weighted by atomic mass is 79.9. The number of rotatable bonds is 5. The Morgan fingerprint density at radius 2 is 1.97 bits per heavy atom. The molecule has 1 aliphatic heterocycles. The number of nitrogens with zero attached hydrogens (tertiary/aromatic N) is 3. The molecule has 3 heterocycles. The number of ether oxygens (including phenoxy) is 1. The van der Waals surface area contributed by atoms with Crippen LogP contribution in [-0.2, 0) is 11.2 Å². The molecular weight excluding hydrogens is 470 g/mol. The number of anilines is 1. The molecule has 4 rings (SSSR count). The van der Waals surface area contributed by atoms with Gasteiger partial charge in [0.05, 0.1) is 24.1 Å². The van der Waals surface area contributed by atoms with Crippen LogP contribution in [-0.4, -0.2) is 49.1 Å². The van der Waals surface area contributed by atoms with E-state index >= 15 is 0 Å². The van der Waals surface area contributed by atoms with E-state index in [1.54, 1.807) is 29.8 Å². The maximum atomic E-state index is 12.8. The summed E-state index contributed by atoms with van der Waals surface area (Å²) < 4.78 is 6.31. The fourth-order valence-corrected chi connectivity index (χ4v) is 5.74. The van der Waals surface area contributed by atoms with Crippen molar-refractivity contribution < 1.29 is 9.53 Å². The average molecular weight is 492 g/mol. The van der Waals surface area contributed by atoms with Crippen molar-refractivity contribution in [1.29, 1.82) is 0 Å². The molecule has 0 bridgehead atoms. The second-order valence-electron chi connectivity index (χ2n) is 6.87. The summed E-state index contributed by atoms with van der Waals surface area (Å²) in [4.78, 5) is 23.0. The minimum Gasteiger partial charge on any atom is -0.497 e. The highest BCUT2D eigenvalue weighted by molar-refractivity contribution is 9.10. The molecule has 1 amide bonds. The maximum absolute atomic E-state index is 12.8. The van der Waals surface area contributed by atoms with E-state index in [-0.39, 0.29) is 5.91 Å². The Labute approximate surface area is 187 Å². The summed E-state index contributed by atoms with van der Waals surface area (Å²) in [6.07, 6.45) is 1.33. The Hall–Kier alpha value is -1.90. The van der Waals surface area contributed by atoms with E-state index in [4.69, 9.17) is 4.74 Å². The van der Waals surface area contributed by atoms with Gasteiger partial charge >= 0.3 is 0 Å². The van der Waals surface area contributed by atoms with E-state index in [0.717, 1.165) is 58.4 Å². The van der Waals surface area contributed by atoms with Crippen molar-refractivity contribution in [1.82, 2.24) is 9.88 Å². The second-order valence-corrected chi connectivity index (χ2v) is 9.55. The van der Waals surface area contributed by atoms with Gasteiger partial charge in [0.15, 0.2) is 0 Å². The van der Waals surface area contributed by atoms with Crippen molar-refractivity contribution in [2.45, 2.75) is 12.8 Å². The number of hydrogen-bond acceptors (Lipinski definition) is 6. The van der Waals surface area contributed by atoms with Crippen LogP contribution in [0.1, 0.15) is 12.1 Å². The summed E-state index contributed by atoms with van der Waals surface area (Å²) in [6, 6.07) is 10.2. The zero-order valence-electron chi connectivity index (χ0n) is 16.1. The second kappa shape index (κ2) is 9.28. The molecular formula is C21H22BrN3O2S2. The third-order valence-electron chi connectivity index (χ3n) is 4.95. The minimum absolute atomic E-state index is 0.158. The lowest BCUT2D eigenvalue weighted by molar-refractivity contribution is -0.130. The topological polar surface area (TPSA) is 45.7 Å². The highest BCUT2D eigenvalue weighted by Gasteiger charge is 2.20. The van der Waals surface area contributed by atoms with Gasteiger partial charge in [-0.3, -0.25) is 4.79 Å². The van der Waals surface area contributed by atoms with Crippen LogP contribution in [0.2, 0.25) is 0 Å². The number of benzene rings is 1. The van der Waals surface area contributed by atoms with Crippen LogP contribution in [0, 0.1) is 0 Å². The first-order valence-electron chi connectivity index (χ1n) is 9.48. The molecule has 5 nitrogen and oxygen atoms in total. The van der Waals surface area contributed by atoms with Crippen LogP contribution < -0.4 is 9.64 Å². The summed E-state index contributed by atoms with van der Waals surface area (Å²) in [5.41, 5.74) is 2.03. The van der Waals surface area contributed by atoms with Crippen molar-refractivity contribution in [3.05, 3.63) is 51.3 Å². The van der Waals surface area contributed by atoms with E-state index in [0.29, 0.717) is 6.42 Å². The number of thiazole rings is 1. The van der Waals surface area contributed by atoms with Gasteiger partial charge in [0.1, 0.15) is 10.8 Å². The molecule has 0 radical (unpaired) electrons. The van der Waals surface area contributed by atoms with Crippen molar-refractivity contribution >= 4 is 50.2 Å². The van der Waals surface area contributed by atoms with E-state index in [1.807, 2.05) is 27.8 Å². The van der Waals surface area contributed by atoms with Gasteiger partial charge in [-0.15, -0.1) is 22.7 Å². The molecule has 152 valence electrons. The van der Waals surface area contributed by atoms with Crippen LogP contribution in [0.3, 0.4) is 0 Å². The molecule has 2 aromatic heterocycles. The molecule has 1 aliphatic rings. The molecule has 29 heavy (non-hydrogen) atoms. The van der Waals surface area contributed by atoms with E-state index < -0.39 is 0 Å². The van der Waals surface area contributed by atoms with Gasteiger partial charge in [0.25, 0.3) is 0 Å². The van der Waals surface area contributed by atoms with Crippen LogP contribution in [0.15, 0.2) is 45.6 Å². The van der Waals surface area contributed by atoms with Gasteiger partial charge in [-0.2, -0.15) is 0 Å². The van der Waals surface area contributed by atoms with Crippen molar-refractivity contribution in [2.75, 3.05) is 38.2 Å². The number of carbonyl (C=O) groups is 1. The summed E-state index contributed by atoms with van der Waals surface area (Å²) in [5, 5.41) is 5.03. The van der Waals surface area contributed by atoms with E-state index in [1.165, 1.54) is 5.69 Å². The number of aromatic nitrogens is 1. The first-order valence-corrected chi connectivity index (χ1v) is 12.0. The zero-order valence-corrected chi connectivity index (χ0v) is 19.4. The molecule has 0 unspecified atom stereocenters. The molecule has 0 N–H and O–H groups in total. The highest BCUT2D eigenvalue weighted by Crippen LogP contribution is 2.32. The number of amides is 1. The lowest BCUT2D eigenvalue weighted by Gasteiger charge is -2.23. The fourth-order valence-electron chi connectivity index (χ4n) is 3.41. The Kier molecular flexibility index (Phi) is 6.52. The third kappa shape index (κ3) is 4.99. The predicted molar refractivity (Wildman–Crippen MR) is 123 cm³/mol. The Balaban J connectivity index is 1.35. The molecule has 0 atom stereocenters. The number of hydrogen-bond donors (Lipinski definition) is 0. The molecule has 1 aromatic carbocycles. The fraction of sp³-hybridized carbons (Fsp3) is 0.333. The monoisotopic (exact) mass is 491 g/mol. The predicted octanol–water partition coefficient (Wildman–Crippen LogP) is 4.92. The lowest BCUT2D eigenvalue weighted by atomic mass is 10.2. The minimum atomic E-state index is 0.158. The molecule has 0 aliphatic carbocycles. The molecule has 3 aromatic rings. The number of thiophene rings is 1. The summed E-state index contributed by atoms with van der Waals surface area (Å²) >= 11 is 6.74. The van der Waals surface area contributed by atoms with Crippen LogP contribution >= 0.6 is 38.6 Å². The van der Waals surface area contributed by atoms with Crippen LogP contribution in [0.4, 0.5) is 5.69 Å². The first kappa shape index (κ1) is 20.4. The summed E-state index contributed by atoms with van der Waals surface area (Å²) in [6.45, 7) is 3.31. The van der Waals surface area contributed by atoms with Crippen molar-refractivity contribution in [3.63, 3.8) is 0 Å². The zero-order chi connectivity index (χ0) is 20.2. The molecule has 1 saturated heterocycles. The summed E-state index contributed by atoms with van der Waals surface area (Å²) in [7, 11) is 1.68. The van der Waals surface area contributed by atoms with Gasteiger partial charge < -0.3 is 14.5 Å². The molecule has 1 fully saturated rings. The van der Waals surface area contributed by atoms with Gasteiger partial charge in [-0.1, -0.05) is 0 Å².